The Morgan fingerprint density at radius 2 is 2.03 bits per heavy atom. The van der Waals surface area contributed by atoms with Crippen molar-refractivity contribution in [1.82, 2.24) is 14.8 Å². The fraction of sp³-hybridized carbons (Fsp3) is 0.519. The number of pyridine rings is 1. The third kappa shape index (κ3) is 7.26. The molecule has 1 aliphatic rings. The first-order valence-corrected chi connectivity index (χ1v) is 12.3. The monoisotopic (exact) mass is 482 g/mol. The topological polar surface area (TPSA) is 84.0 Å². The summed E-state index contributed by atoms with van der Waals surface area (Å²) in [7, 11) is 3.47. The Hall–Kier alpha value is -2.97. The third-order valence-corrected chi connectivity index (χ3v) is 6.43. The second kappa shape index (κ2) is 12.7. The van der Waals surface area contributed by atoms with E-state index in [0.29, 0.717) is 43.1 Å². The molecule has 1 aromatic carbocycles. The van der Waals surface area contributed by atoms with Gasteiger partial charge in [-0.25, -0.2) is 0 Å². The van der Waals surface area contributed by atoms with E-state index in [1.54, 1.807) is 43.5 Å². The van der Waals surface area contributed by atoms with Crippen molar-refractivity contribution in [1.29, 1.82) is 0 Å². The Balaban J connectivity index is 1.92. The molecular weight excluding hydrogens is 444 g/mol. The number of hydrogen-bond acceptors (Lipinski definition) is 6. The molecule has 1 aromatic heterocycles. The molecule has 0 unspecified atom stereocenters. The van der Waals surface area contributed by atoms with Crippen LogP contribution in [-0.2, 0) is 16.1 Å². The van der Waals surface area contributed by atoms with E-state index >= 15 is 0 Å². The molecule has 0 aliphatic carbocycles. The number of carbonyl (C=O) groups excluding carboxylic acids is 2. The maximum atomic E-state index is 13.3. The summed E-state index contributed by atoms with van der Waals surface area (Å²) in [6.45, 7) is 8.51. The van der Waals surface area contributed by atoms with E-state index in [-0.39, 0.29) is 29.9 Å². The van der Waals surface area contributed by atoms with Gasteiger partial charge in [-0.3, -0.25) is 19.5 Å². The van der Waals surface area contributed by atoms with Crippen molar-refractivity contribution >= 4 is 17.5 Å². The van der Waals surface area contributed by atoms with Crippen molar-refractivity contribution in [2.24, 2.45) is 5.92 Å². The van der Waals surface area contributed by atoms with Gasteiger partial charge in [0.15, 0.2) is 0 Å². The molecule has 2 aromatic rings. The summed E-state index contributed by atoms with van der Waals surface area (Å²) in [5.41, 5.74) is 2.07. The molecule has 8 heteroatoms. The maximum Gasteiger partial charge on any atom is 0.257 e. The van der Waals surface area contributed by atoms with Gasteiger partial charge in [0, 0.05) is 64.2 Å². The lowest BCUT2D eigenvalue weighted by Crippen LogP contribution is -2.46. The van der Waals surface area contributed by atoms with Crippen molar-refractivity contribution in [3.05, 3.63) is 53.9 Å². The van der Waals surface area contributed by atoms with Crippen molar-refractivity contribution in [3.8, 4) is 5.75 Å². The number of fused-ring (bicyclic) bond motifs is 1. The van der Waals surface area contributed by atoms with Crippen LogP contribution in [-0.4, -0.2) is 72.6 Å². The second-order valence-corrected chi connectivity index (χ2v) is 9.36. The number of ether oxygens (including phenoxy) is 2. The van der Waals surface area contributed by atoms with Gasteiger partial charge >= 0.3 is 0 Å². The average Bonchev–Trinajstić information content (AvgIpc) is 2.85. The summed E-state index contributed by atoms with van der Waals surface area (Å²) >= 11 is 0. The molecule has 0 saturated heterocycles. The van der Waals surface area contributed by atoms with E-state index in [0.717, 1.165) is 18.7 Å². The highest BCUT2D eigenvalue weighted by atomic mass is 16.5. The fourth-order valence-corrected chi connectivity index (χ4v) is 4.30. The minimum absolute atomic E-state index is 0.0513. The maximum absolute atomic E-state index is 13.3. The van der Waals surface area contributed by atoms with Crippen LogP contribution >= 0.6 is 0 Å². The molecule has 3 rings (SSSR count). The van der Waals surface area contributed by atoms with E-state index < -0.39 is 0 Å². The summed E-state index contributed by atoms with van der Waals surface area (Å²) in [4.78, 5) is 34.0. The van der Waals surface area contributed by atoms with Gasteiger partial charge in [-0.05, 0) is 43.5 Å². The summed E-state index contributed by atoms with van der Waals surface area (Å²) in [5.74, 6) is 0.440. The molecule has 2 amide bonds. The summed E-state index contributed by atoms with van der Waals surface area (Å²) < 4.78 is 12.1. The van der Waals surface area contributed by atoms with E-state index in [9.17, 15) is 9.59 Å². The second-order valence-electron chi connectivity index (χ2n) is 9.36. The molecule has 3 atom stereocenters. The van der Waals surface area contributed by atoms with Gasteiger partial charge in [0.1, 0.15) is 12.4 Å². The van der Waals surface area contributed by atoms with Gasteiger partial charge in [-0.1, -0.05) is 19.9 Å². The summed E-state index contributed by atoms with van der Waals surface area (Å²) in [6, 6.07) is 11.2. The molecule has 1 aliphatic heterocycles. The Bertz CT molecular complexity index is 984. The van der Waals surface area contributed by atoms with Gasteiger partial charge in [0.2, 0.25) is 5.91 Å². The van der Waals surface area contributed by atoms with Crippen LogP contribution in [0.15, 0.2) is 42.6 Å². The number of carbonyl (C=O) groups is 2. The minimum Gasteiger partial charge on any atom is -0.491 e. The van der Waals surface area contributed by atoms with Gasteiger partial charge in [0.05, 0.1) is 17.4 Å². The number of methoxy groups -OCH3 is 1. The van der Waals surface area contributed by atoms with E-state index in [1.165, 1.54) is 0 Å². The Labute approximate surface area is 208 Å². The van der Waals surface area contributed by atoms with E-state index in [4.69, 9.17) is 9.47 Å². The molecule has 0 bridgehead atoms. The molecule has 2 heterocycles. The van der Waals surface area contributed by atoms with Gasteiger partial charge in [-0.2, -0.15) is 0 Å². The quantitative estimate of drug-likeness (QED) is 0.674. The number of nitrogens with one attached hydrogen (secondary N) is 1. The zero-order valence-electron chi connectivity index (χ0n) is 21.5. The molecule has 0 saturated carbocycles. The summed E-state index contributed by atoms with van der Waals surface area (Å²) in [5, 5.41) is 2.90. The Kier molecular flexibility index (Phi) is 9.63. The smallest absolute Gasteiger partial charge is 0.257 e. The van der Waals surface area contributed by atoms with E-state index in [2.05, 4.69) is 29.0 Å². The highest BCUT2D eigenvalue weighted by Gasteiger charge is 2.28. The number of nitrogens with zero attached hydrogens (tertiary/aromatic N) is 3. The first kappa shape index (κ1) is 26.6. The first-order chi connectivity index (χ1) is 16.8. The lowest BCUT2D eigenvalue weighted by Gasteiger charge is -2.35. The van der Waals surface area contributed by atoms with Crippen LogP contribution in [0.2, 0.25) is 0 Å². The first-order valence-electron chi connectivity index (χ1n) is 12.3. The number of amides is 2. The number of anilines is 1. The highest BCUT2D eigenvalue weighted by Crippen LogP contribution is 2.27. The van der Waals surface area contributed by atoms with Crippen LogP contribution in [0.3, 0.4) is 0 Å². The van der Waals surface area contributed by atoms with Crippen molar-refractivity contribution < 1.29 is 19.1 Å². The molecule has 0 radical (unpaired) electrons. The molecule has 8 nitrogen and oxygen atoms in total. The molecule has 190 valence electrons. The van der Waals surface area contributed by atoms with Gasteiger partial charge in [-0.15, -0.1) is 0 Å². The molecular formula is C27H38N4O4. The van der Waals surface area contributed by atoms with Crippen LogP contribution < -0.4 is 10.1 Å². The Morgan fingerprint density at radius 3 is 2.71 bits per heavy atom. The molecule has 35 heavy (non-hydrogen) atoms. The van der Waals surface area contributed by atoms with Crippen molar-refractivity contribution in [3.63, 3.8) is 0 Å². The standard InChI is InChI=1S/C27H38N4O4/c1-6-9-26(32)29-21-11-12-23-24(14-21)35-18-20(3)31(16-22-10-7-8-13-28-22)15-19(2)25(34-5)17-30(4)27(23)33/h7-8,10-14,19-20,25H,6,9,15-18H2,1-5H3,(H,29,32)/t19-,20+,25+/m0/s1. The van der Waals surface area contributed by atoms with Crippen LogP contribution in [0.25, 0.3) is 0 Å². The van der Waals surface area contributed by atoms with Gasteiger partial charge < -0.3 is 19.7 Å². The number of hydrogen-bond donors (Lipinski definition) is 1. The third-order valence-electron chi connectivity index (χ3n) is 6.43. The zero-order chi connectivity index (χ0) is 25.4. The number of likely N-dealkylation sites (N-methyl/N-ethyl adjacent to an activating group) is 1. The number of aromatic nitrogens is 1. The minimum atomic E-state index is -0.140. The van der Waals surface area contributed by atoms with Crippen molar-refractivity contribution in [2.75, 3.05) is 39.2 Å². The Morgan fingerprint density at radius 1 is 1.23 bits per heavy atom. The molecule has 0 spiro atoms. The lowest BCUT2D eigenvalue weighted by atomic mass is 10.0. The SMILES string of the molecule is CCCC(=O)Nc1ccc2c(c1)OC[C@@H](C)N(Cc1ccccn1)C[C@H](C)[C@H](OC)CN(C)C2=O. The summed E-state index contributed by atoms with van der Waals surface area (Å²) in [6.07, 6.45) is 2.88. The fourth-order valence-electron chi connectivity index (χ4n) is 4.30. The zero-order valence-corrected chi connectivity index (χ0v) is 21.5. The number of rotatable bonds is 6. The van der Waals surface area contributed by atoms with E-state index in [1.807, 2.05) is 25.1 Å². The number of benzene rings is 1. The van der Waals surface area contributed by atoms with Gasteiger partial charge in [0.25, 0.3) is 5.91 Å². The van der Waals surface area contributed by atoms with Crippen LogP contribution in [0.1, 0.15) is 49.7 Å². The normalized spacial score (nSPS) is 21.9. The van der Waals surface area contributed by atoms with Crippen molar-refractivity contribution in [2.45, 2.75) is 52.3 Å². The lowest BCUT2D eigenvalue weighted by molar-refractivity contribution is -0.116. The highest BCUT2D eigenvalue weighted by molar-refractivity contribution is 5.98. The molecule has 1 N–H and O–H groups in total. The van der Waals surface area contributed by atoms with Crippen LogP contribution in [0.5, 0.6) is 5.75 Å². The predicted molar refractivity (Wildman–Crippen MR) is 137 cm³/mol. The molecule has 0 fully saturated rings. The predicted octanol–water partition coefficient (Wildman–Crippen LogP) is 3.83. The van der Waals surface area contributed by atoms with Crippen LogP contribution in [0, 0.1) is 5.92 Å². The largest absolute Gasteiger partial charge is 0.491 e. The average molecular weight is 483 g/mol. The van der Waals surface area contributed by atoms with Crippen LogP contribution in [0.4, 0.5) is 5.69 Å².